The minimum atomic E-state index is 0.234. The van der Waals surface area contributed by atoms with Crippen molar-refractivity contribution in [1.29, 1.82) is 0 Å². The molecule has 0 aromatic carbocycles. The average molecular weight is 265 g/mol. The van der Waals surface area contributed by atoms with Gasteiger partial charge in [0.1, 0.15) is 0 Å². The highest BCUT2D eigenvalue weighted by atomic mass is 16.5. The molecule has 106 valence electrons. The van der Waals surface area contributed by atoms with Gasteiger partial charge in [-0.1, -0.05) is 20.3 Å². The molecule has 0 radical (unpaired) electrons. The lowest BCUT2D eigenvalue weighted by Crippen LogP contribution is -2.29. The predicted molar refractivity (Wildman–Crippen MR) is 75.3 cm³/mol. The molecule has 19 heavy (non-hydrogen) atoms. The SMILES string of the molecule is CCCCN(c1nc(N)nc(OCCC)n1)C1CC1. The van der Waals surface area contributed by atoms with E-state index in [1.807, 2.05) is 6.92 Å². The molecule has 0 unspecified atom stereocenters. The molecule has 0 saturated heterocycles. The number of nitrogen functional groups attached to an aromatic ring is 1. The number of nitrogens with zero attached hydrogens (tertiary/aromatic N) is 4. The van der Waals surface area contributed by atoms with Crippen LogP contribution in [-0.2, 0) is 0 Å². The molecular formula is C13H23N5O. The first-order chi connectivity index (χ1) is 9.24. The Labute approximate surface area is 114 Å². The lowest BCUT2D eigenvalue weighted by atomic mass is 10.3. The fourth-order valence-corrected chi connectivity index (χ4v) is 1.91. The molecule has 1 fully saturated rings. The molecule has 1 aromatic heterocycles. The first-order valence-corrected chi connectivity index (χ1v) is 7.15. The van der Waals surface area contributed by atoms with Gasteiger partial charge in [-0.15, -0.1) is 0 Å². The van der Waals surface area contributed by atoms with Gasteiger partial charge in [-0.3, -0.25) is 0 Å². The van der Waals surface area contributed by atoms with Crippen LogP contribution in [0, 0.1) is 0 Å². The van der Waals surface area contributed by atoms with Crippen LogP contribution in [0.1, 0.15) is 46.0 Å². The van der Waals surface area contributed by atoms with Gasteiger partial charge in [-0.2, -0.15) is 15.0 Å². The van der Waals surface area contributed by atoms with E-state index in [4.69, 9.17) is 10.5 Å². The normalized spacial score (nSPS) is 14.4. The van der Waals surface area contributed by atoms with Gasteiger partial charge in [0.05, 0.1) is 6.61 Å². The maximum atomic E-state index is 5.75. The molecule has 6 heteroatoms. The highest BCUT2D eigenvalue weighted by Crippen LogP contribution is 2.30. The summed E-state index contributed by atoms with van der Waals surface area (Å²) in [7, 11) is 0. The Bertz CT molecular complexity index is 408. The van der Waals surface area contributed by atoms with Crippen LogP contribution in [0.4, 0.5) is 11.9 Å². The van der Waals surface area contributed by atoms with Gasteiger partial charge in [0.2, 0.25) is 11.9 Å². The third-order valence-corrected chi connectivity index (χ3v) is 3.05. The molecule has 2 rings (SSSR count). The second-order valence-corrected chi connectivity index (χ2v) is 4.90. The van der Waals surface area contributed by atoms with Gasteiger partial charge in [-0.05, 0) is 25.7 Å². The average Bonchev–Trinajstić information content (AvgIpc) is 3.21. The van der Waals surface area contributed by atoms with E-state index in [1.54, 1.807) is 0 Å². The third-order valence-electron chi connectivity index (χ3n) is 3.05. The first-order valence-electron chi connectivity index (χ1n) is 7.15. The Balaban J connectivity index is 2.13. The standard InChI is InChI=1S/C13H23N5O/c1-3-5-8-18(10-6-7-10)12-15-11(14)16-13(17-12)19-9-4-2/h10H,3-9H2,1-2H3,(H2,14,15,16,17). The summed E-state index contributed by atoms with van der Waals surface area (Å²) in [6.07, 6.45) is 5.63. The number of aromatic nitrogens is 3. The van der Waals surface area contributed by atoms with Crippen molar-refractivity contribution in [3.63, 3.8) is 0 Å². The summed E-state index contributed by atoms with van der Waals surface area (Å²) in [6.45, 7) is 5.80. The van der Waals surface area contributed by atoms with Crippen molar-refractivity contribution in [2.24, 2.45) is 0 Å². The third kappa shape index (κ3) is 3.94. The van der Waals surface area contributed by atoms with Crippen LogP contribution in [0.5, 0.6) is 6.01 Å². The van der Waals surface area contributed by atoms with Crippen LogP contribution in [-0.4, -0.2) is 34.1 Å². The number of hydrogen-bond donors (Lipinski definition) is 1. The van der Waals surface area contributed by atoms with E-state index in [0.29, 0.717) is 24.6 Å². The smallest absolute Gasteiger partial charge is 0.323 e. The number of rotatable bonds is 8. The van der Waals surface area contributed by atoms with Gasteiger partial charge in [0, 0.05) is 12.6 Å². The second kappa shape index (κ2) is 6.54. The fraction of sp³-hybridized carbons (Fsp3) is 0.769. The molecule has 0 atom stereocenters. The Hall–Kier alpha value is -1.59. The van der Waals surface area contributed by atoms with Crippen molar-refractivity contribution < 1.29 is 4.74 Å². The highest BCUT2D eigenvalue weighted by Gasteiger charge is 2.31. The molecule has 6 nitrogen and oxygen atoms in total. The summed E-state index contributed by atoms with van der Waals surface area (Å²) in [5.41, 5.74) is 5.75. The van der Waals surface area contributed by atoms with Gasteiger partial charge in [-0.25, -0.2) is 0 Å². The van der Waals surface area contributed by atoms with Crippen LogP contribution in [0.15, 0.2) is 0 Å². The first kappa shape index (κ1) is 13.8. The molecule has 0 spiro atoms. The number of nitrogens with two attached hydrogens (primary N) is 1. The second-order valence-electron chi connectivity index (χ2n) is 4.90. The van der Waals surface area contributed by atoms with E-state index < -0.39 is 0 Å². The Morgan fingerprint density at radius 1 is 1.21 bits per heavy atom. The number of unbranched alkanes of at least 4 members (excludes halogenated alkanes) is 1. The lowest BCUT2D eigenvalue weighted by Gasteiger charge is -2.22. The summed E-state index contributed by atoms with van der Waals surface area (Å²) >= 11 is 0. The van der Waals surface area contributed by atoms with Crippen molar-refractivity contribution in [3.8, 4) is 6.01 Å². The Morgan fingerprint density at radius 3 is 2.63 bits per heavy atom. The summed E-state index contributed by atoms with van der Waals surface area (Å²) in [5, 5.41) is 0. The molecule has 1 heterocycles. The maximum absolute atomic E-state index is 5.75. The molecule has 1 saturated carbocycles. The molecule has 1 aliphatic rings. The quantitative estimate of drug-likeness (QED) is 0.774. The number of hydrogen-bond acceptors (Lipinski definition) is 6. The van der Waals surface area contributed by atoms with E-state index in [9.17, 15) is 0 Å². The highest BCUT2D eigenvalue weighted by molar-refractivity contribution is 5.38. The molecule has 1 aromatic rings. The molecule has 1 aliphatic carbocycles. The van der Waals surface area contributed by atoms with Gasteiger partial charge >= 0.3 is 6.01 Å². The van der Waals surface area contributed by atoms with Crippen molar-refractivity contribution in [3.05, 3.63) is 0 Å². The van der Waals surface area contributed by atoms with Crippen molar-refractivity contribution >= 4 is 11.9 Å². The van der Waals surface area contributed by atoms with Crippen molar-refractivity contribution in [1.82, 2.24) is 15.0 Å². The lowest BCUT2D eigenvalue weighted by molar-refractivity contribution is 0.292. The van der Waals surface area contributed by atoms with Crippen LogP contribution in [0.2, 0.25) is 0 Å². The minimum Gasteiger partial charge on any atom is -0.463 e. The predicted octanol–water partition coefficient (Wildman–Crippen LogP) is 2.01. The monoisotopic (exact) mass is 265 g/mol. The van der Waals surface area contributed by atoms with Crippen LogP contribution in [0.3, 0.4) is 0 Å². The minimum absolute atomic E-state index is 0.234. The van der Waals surface area contributed by atoms with Crippen LogP contribution < -0.4 is 15.4 Å². The molecule has 0 aliphatic heterocycles. The van der Waals surface area contributed by atoms with Crippen molar-refractivity contribution in [2.45, 2.75) is 52.0 Å². The zero-order valence-electron chi connectivity index (χ0n) is 11.8. The summed E-state index contributed by atoms with van der Waals surface area (Å²) < 4.78 is 5.46. The van der Waals surface area contributed by atoms with E-state index in [1.165, 1.54) is 12.8 Å². The number of anilines is 2. The topological polar surface area (TPSA) is 77.2 Å². The Kier molecular flexibility index (Phi) is 4.76. The summed E-state index contributed by atoms with van der Waals surface area (Å²) in [5.74, 6) is 0.896. The maximum Gasteiger partial charge on any atom is 0.323 e. The Morgan fingerprint density at radius 2 is 2.00 bits per heavy atom. The van der Waals surface area contributed by atoms with E-state index in [0.717, 1.165) is 25.8 Å². The molecule has 0 amide bonds. The fourth-order valence-electron chi connectivity index (χ4n) is 1.91. The van der Waals surface area contributed by atoms with Gasteiger partial charge in [0.15, 0.2) is 0 Å². The van der Waals surface area contributed by atoms with Crippen LogP contribution in [0.25, 0.3) is 0 Å². The zero-order chi connectivity index (χ0) is 13.7. The van der Waals surface area contributed by atoms with Gasteiger partial charge in [0.25, 0.3) is 0 Å². The summed E-state index contributed by atoms with van der Waals surface area (Å²) in [4.78, 5) is 14.9. The van der Waals surface area contributed by atoms with E-state index in [2.05, 4.69) is 26.8 Å². The van der Waals surface area contributed by atoms with Crippen LogP contribution >= 0.6 is 0 Å². The summed E-state index contributed by atoms with van der Waals surface area (Å²) in [6, 6.07) is 0.902. The molecular weight excluding hydrogens is 242 g/mol. The largest absolute Gasteiger partial charge is 0.463 e. The zero-order valence-corrected chi connectivity index (χ0v) is 11.8. The number of ether oxygens (including phenoxy) is 1. The van der Waals surface area contributed by atoms with Crippen molar-refractivity contribution in [2.75, 3.05) is 23.8 Å². The van der Waals surface area contributed by atoms with E-state index in [-0.39, 0.29) is 5.95 Å². The molecule has 2 N–H and O–H groups in total. The molecule has 0 bridgehead atoms. The van der Waals surface area contributed by atoms with E-state index >= 15 is 0 Å². The van der Waals surface area contributed by atoms with Gasteiger partial charge < -0.3 is 15.4 Å².